The Balaban J connectivity index is 4.03. The lowest BCUT2D eigenvalue weighted by Crippen LogP contribution is -2.30. The minimum Gasteiger partial charge on any atom is -0.462 e. The second-order valence-electron chi connectivity index (χ2n) is 23.1. The molecule has 442 valence electrons. The van der Waals surface area contributed by atoms with Crippen LogP contribution in [0.25, 0.3) is 0 Å². The molecule has 0 radical (unpaired) electrons. The van der Waals surface area contributed by atoms with E-state index in [0.29, 0.717) is 19.3 Å². The van der Waals surface area contributed by atoms with Crippen LogP contribution < -0.4 is 0 Å². The molecule has 1 unspecified atom stereocenters. The molecule has 1 atom stereocenters. The molecule has 0 aromatic rings. The summed E-state index contributed by atoms with van der Waals surface area (Å²) < 4.78 is 16.9. The van der Waals surface area contributed by atoms with E-state index in [9.17, 15) is 14.4 Å². The zero-order chi connectivity index (χ0) is 54.3. The van der Waals surface area contributed by atoms with Crippen LogP contribution in [0.1, 0.15) is 380 Å². The van der Waals surface area contributed by atoms with Gasteiger partial charge in [0.25, 0.3) is 0 Å². The number of allylic oxidation sites excluding steroid dienone is 4. The van der Waals surface area contributed by atoms with Crippen LogP contribution in [0, 0.1) is 0 Å². The topological polar surface area (TPSA) is 78.9 Å². The summed E-state index contributed by atoms with van der Waals surface area (Å²) in [6.45, 7) is 6.64. The highest BCUT2D eigenvalue weighted by atomic mass is 16.6. The summed E-state index contributed by atoms with van der Waals surface area (Å²) in [5.41, 5.74) is 0. The summed E-state index contributed by atoms with van der Waals surface area (Å²) in [5, 5.41) is 0. The van der Waals surface area contributed by atoms with Gasteiger partial charge in [-0.05, 0) is 64.2 Å². The largest absolute Gasteiger partial charge is 0.462 e. The van der Waals surface area contributed by atoms with Gasteiger partial charge in [-0.15, -0.1) is 0 Å². The Labute approximate surface area is 468 Å². The highest BCUT2D eigenvalue weighted by molar-refractivity contribution is 5.71. The van der Waals surface area contributed by atoms with Gasteiger partial charge >= 0.3 is 17.9 Å². The Morgan fingerprint density at radius 2 is 0.453 bits per heavy atom. The van der Waals surface area contributed by atoms with E-state index in [1.165, 1.54) is 270 Å². The number of unbranched alkanes of at least 4 members (excludes halogenated alkanes) is 48. The van der Waals surface area contributed by atoms with E-state index >= 15 is 0 Å². The van der Waals surface area contributed by atoms with Gasteiger partial charge in [-0.25, -0.2) is 0 Å². The van der Waals surface area contributed by atoms with Crippen molar-refractivity contribution < 1.29 is 28.6 Å². The van der Waals surface area contributed by atoms with Crippen LogP contribution in [-0.4, -0.2) is 37.2 Å². The van der Waals surface area contributed by atoms with E-state index in [1.54, 1.807) is 0 Å². The third kappa shape index (κ3) is 62.6. The van der Waals surface area contributed by atoms with Crippen LogP contribution in [0.15, 0.2) is 24.3 Å². The molecule has 0 fully saturated rings. The lowest BCUT2D eigenvalue weighted by molar-refractivity contribution is -0.167. The summed E-state index contributed by atoms with van der Waals surface area (Å²) in [4.78, 5) is 38.2. The fraction of sp³-hybridized carbons (Fsp3) is 0.899. The SMILES string of the molecule is CCCC/C=C\CCCCCCCC(=O)OCC(COC(=O)CCCCCCCCCCCCCCCCCCCCCCCCCCCCCCCCCC)OC(=O)CCCCCCC/C=C\CCCCCCC. The van der Waals surface area contributed by atoms with Crippen molar-refractivity contribution in [3.05, 3.63) is 24.3 Å². The van der Waals surface area contributed by atoms with Crippen molar-refractivity contribution in [3.8, 4) is 0 Å². The third-order valence-electron chi connectivity index (χ3n) is 15.4. The number of hydrogen-bond donors (Lipinski definition) is 0. The molecule has 0 N–H and O–H groups in total. The first-order valence-electron chi connectivity index (χ1n) is 33.8. The summed E-state index contributed by atoms with van der Waals surface area (Å²) in [7, 11) is 0. The van der Waals surface area contributed by atoms with Crippen molar-refractivity contribution in [1.82, 2.24) is 0 Å². The Bertz CT molecular complexity index is 1210. The molecule has 0 rings (SSSR count). The molecule has 0 heterocycles. The molecule has 0 spiro atoms. The number of carbonyl (C=O) groups excluding carboxylic acids is 3. The van der Waals surface area contributed by atoms with E-state index in [0.717, 1.165) is 70.6 Å². The highest BCUT2D eigenvalue weighted by Crippen LogP contribution is 2.18. The van der Waals surface area contributed by atoms with Gasteiger partial charge in [0.1, 0.15) is 13.2 Å². The average molecular weight is 1060 g/mol. The third-order valence-corrected chi connectivity index (χ3v) is 15.4. The minimum absolute atomic E-state index is 0.0728. The van der Waals surface area contributed by atoms with Crippen molar-refractivity contribution in [2.45, 2.75) is 386 Å². The molecule has 0 aromatic heterocycles. The number of esters is 3. The Morgan fingerprint density at radius 3 is 0.707 bits per heavy atom. The maximum atomic E-state index is 12.9. The molecule has 0 aromatic carbocycles. The summed E-state index contributed by atoms with van der Waals surface area (Å²) in [5.74, 6) is -0.869. The predicted molar refractivity (Wildman–Crippen MR) is 326 cm³/mol. The van der Waals surface area contributed by atoms with Gasteiger partial charge in [0, 0.05) is 19.3 Å². The fourth-order valence-corrected chi connectivity index (χ4v) is 10.3. The second kappa shape index (κ2) is 64.4. The maximum absolute atomic E-state index is 12.9. The number of carbonyl (C=O) groups is 3. The summed E-state index contributed by atoms with van der Waals surface area (Å²) in [6.07, 6.45) is 78.0. The van der Waals surface area contributed by atoms with E-state index in [1.807, 2.05) is 0 Å². The predicted octanol–water partition coefficient (Wildman–Crippen LogP) is 23.0. The molecule has 0 bridgehead atoms. The van der Waals surface area contributed by atoms with Crippen molar-refractivity contribution in [2.75, 3.05) is 13.2 Å². The molecular formula is C69H130O6. The molecule has 0 saturated heterocycles. The molecular weight excluding hydrogens is 925 g/mol. The molecule has 0 aliphatic rings. The Kier molecular flexibility index (Phi) is 62.6. The first-order chi connectivity index (χ1) is 37.0. The maximum Gasteiger partial charge on any atom is 0.306 e. The molecule has 0 aliphatic carbocycles. The van der Waals surface area contributed by atoms with Gasteiger partial charge in [-0.3, -0.25) is 14.4 Å². The first-order valence-corrected chi connectivity index (χ1v) is 33.8. The number of ether oxygens (including phenoxy) is 3. The zero-order valence-electron chi connectivity index (χ0n) is 50.8. The van der Waals surface area contributed by atoms with Crippen molar-refractivity contribution >= 4 is 17.9 Å². The average Bonchev–Trinajstić information content (AvgIpc) is 3.41. The van der Waals surface area contributed by atoms with Gasteiger partial charge in [-0.1, -0.05) is 321 Å². The Hall–Kier alpha value is -2.11. The van der Waals surface area contributed by atoms with Crippen molar-refractivity contribution in [3.63, 3.8) is 0 Å². The van der Waals surface area contributed by atoms with Crippen LogP contribution in [-0.2, 0) is 28.6 Å². The van der Waals surface area contributed by atoms with E-state index < -0.39 is 6.10 Å². The molecule has 0 saturated carbocycles. The quantitative estimate of drug-likeness (QED) is 0.0261. The Morgan fingerprint density at radius 1 is 0.253 bits per heavy atom. The van der Waals surface area contributed by atoms with Gasteiger partial charge < -0.3 is 14.2 Å². The van der Waals surface area contributed by atoms with E-state index in [-0.39, 0.29) is 31.1 Å². The summed E-state index contributed by atoms with van der Waals surface area (Å²) >= 11 is 0. The molecule has 0 aliphatic heterocycles. The van der Waals surface area contributed by atoms with Crippen molar-refractivity contribution in [1.29, 1.82) is 0 Å². The van der Waals surface area contributed by atoms with Crippen LogP contribution in [0.4, 0.5) is 0 Å². The molecule has 0 amide bonds. The molecule has 6 heteroatoms. The molecule has 6 nitrogen and oxygen atoms in total. The van der Waals surface area contributed by atoms with Gasteiger partial charge in [-0.2, -0.15) is 0 Å². The van der Waals surface area contributed by atoms with Crippen LogP contribution in [0.3, 0.4) is 0 Å². The van der Waals surface area contributed by atoms with Gasteiger partial charge in [0.05, 0.1) is 0 Å². The number of rotatable bonds is 63. The van der Waals surface area contributed by atoms with E-state index in [2.05, 4.69) is 45.1 Å². The smallest absolute Gasteiger partial charge is 0.306 e. The van der Waals surface area contributed by atoms with E-state index in [4.69, 9.17) is 14.2 Å². The standard InChI is InChI=1S/C69H130O6/c1-4-7-10-13-16-19-22-24-26-27-28-29-30-31-32-33-34-35-36-37-38-39-40-41-42-43-45-47-50-53-56-59-62-68(71)74-65-66(64-73-67(70)61-58-55-52-49-46-21-18-15-12-9-6-3)75-69(72)63-60-57-54-51-48-44-25-23-20-17-14-11-8-5-2/h15,18,23,25,66H,4-14,16-17,19-22,24,26-65H2,1-3H3/b18-15-,25-23-. The van der Waals surface area contributed by atoms with Crippen molar-refractivity contribution in [2.24, 2.45) is 0 Å². The monoisotopic (exact) mass is 1050 g/mol. The van der Waals surface area contributed by atoms with Gasteiger partial charge in [0.2, 0.25) is 0 Å². The zero-order valence-corrected chi connectivity index (χ0v) is 50.8. The summed E-state index contributed by atoms with van der Waals surface area (Å²) in [6, 6.07) is 0. The lowest BCUT2D eigenvalue weighted by Gasteiger charge is -2.18. The molecule has 75 heavy (non-hydrogen) atoms. The van der Waals surface area contributed by atoms with Crippen LogP contribution in [0.2, 0.25) is 0 Å². The van der Waals surface area contributed by atoms with Gasteiger partial charge in [0.15, 0.2) is 6.10 Å². The second-order valence-corrected chi connectivity index (χ2v) is 23.1. The minimum atomic E-state index is -0.776. The first kappa shape index (κ1) is 72.9. The van der Waals surface area contributed by atoms with Crippen LogP contribution in [0.5, 0.6) is 0 Å². The van der Waals surface area contributed by atoms with Crippen LogP contribution >= 0.6 is 0 Å². The fourth-order valence-electron chi connectivity index (χ4n) is 10.3. The highest BCUT2D eigenvalue weighted by Gasteiger charge is 2.19. The number of hydrogen-bond acceptors (Lipinski definition) is 6. The normalized spacial score (nSPS) is 12.1. The lowest BCUT2D eigenvalue weighted by atomic mass is 10.0.